The summed E-state index contributed by atoms with van der Waals surface area (Å²) in [5.41, 5.74) is 8.89. The van der Waals surface area contributed by atoms with Gasteiger partial charge in [-0.25, -0.2) is 0 Å². The summed E-state index contributed by atoms with van der Waals surface area (Å²) in [4.78, 5) is 2.40. The summed E-state index contributed by atoms with van der Waals surface area (Å²) in [6.07, 6.45) is 4.79. The summed E-state index contributed by atoms with van der Waals surface area (Å²) < 4.78 is 5.96. The highest BCUT2D eigenvalue weighted by molar-refractivity contribution is 5.85. The molecule has 3 aliphatic heterocycles. The Kier molecular flexibility index (Phi) is 1.98. The van der Waals surface area contributed by atoms with Crippen molar-refractivity contribution in [3.05, 3.63) is 36.2 Å². The van der Waals surface area contributed by atoms with E-state index in [1.54, 1.807) is 0 Å². The number of fused-ring (bicyclic) bond motifs is 3. The number of piperidine rings is 1. The van der Waals surface area contributed by atoms with Gasteiger partial charge >= 0.3 is 0 Å². The molecular formula is C15H16N2O. The molecule has 3 nitrogen and oxygen atoms in total. The van der Waals surface area contributed by atoms with Crippen LogP contribution in [0.3, 0.4) is 0 Å². The van der Waals surface area contributed by atoms with Crippen molar-refractivity contribution < 1.29 is 4.42 Å². The van der Waals surface area contributed by atoms with E-state index in [-0.39, 0.29) is 0 Å². The predicted octanol–water partition coefficient (Wildman–Crippen LogP) is 3.08. The van der Waals surface area contributed by atoms with Gasteiger partial charge in [0.25, 0.3) is 0 Å². The average Bonchev–Trinajstić information content (AvgIpc) is 2.83. The molecule has 0 radical (unpaired) electrons. The van der Waals surface area contributed by atoms with Crippen molar-refractivity contribution in [3.8, 4) is 0 Å². The van der Waals surface area contributed by atoms with E-state index in [9.17, 15) is 0 Å². The Labute approximate surface area is 106 Å². The van der Waals surface area contributed by atoms with Crippen LogP contribution in [0.4, 0.5) is 5.69 Å². The van der Waals surface area contributed by atoms with Crippen LogP contribution >= 0.6 is 0 Å². The molecule has 0 aliphatic carbocycles. The third-order valence-corrected chi connectivity index (χ3v) is 4.12. The van der Waals surface area contributed by atoms with Gasteiger partial charge in [-0.2, -0.15) is 0 Å². The quantitative estimate of drug-likeness (QED) is 0.779. The van der Waals surface area contributed by atoms with Gasteiger partial charge in [-0.1, -0.05) is 0 Å². The van der Waals surface area contributed by atoms with Crippen molar-refractivity contribution in [1.29, 1.82) is 0 Å². The molecule has 0 amide bonds. The maximum atomic E-state index is 5.96. The molecule has 92 valence electrons. The summed E-state index contributed by atoms with van der Waals surface area (Å²) in [5.74, 6) is 1.69. The molecule has 0 spiro atoms. The average molecular weight is 240 g/mol. The van der Waals surface area contributed by atoms with Crippen LogP contribution in [0, 0.1) is 5.92 Å². The Balaban J connectivity index is 1.83. The summed E-state index contributed by atoms with van der Waals surface area (Å²) in [6.45, 7) is 2.39. The molecule has 3 aliphatic rings. The van der Waals surface area contributed by atoms with Crippen LogP contribution in [0.25, 0.3) is 16.5 Å². The number of benzene rings is 1. The Morgan fingerprint density at radius 1 is 1.17 bits per heavy atom. The number of hydrogen-bond acceptors (Lipinski definition) is 3. The van der Waals surface area contributed by atoms with Gasteiger partial charge in [0.2, 0.25) is 0 Å². The second-order valence-electron chi connectivity index (χ2n) is 5.30. The first kappa shape index (κ1) is 10.1. The fourth-order valence-corrected chi connectivity index (χ4v) is 3.11. The predicted molar refractivity (Wildman–Crippen MR) is 72.9 cm³/mol. The molecule has 2 aromatic rings. The van der Waals surface area contributed by atoms with Crippen LogP contribution < -0.4 is 5.73 Å². The number of anilines is 1. The standard InChI is InChI=1S/C15H16N2O/c16-12-1-2-14-11(7-12)8-15(18-14)13-9-17-5-3-10(13)4-6-17/h1-2,7-10H,3-6,16H2. The summed E-state index contributed by atoms with van der Waals surface area (Å²) >= 11 is 0. The number of furan rings is 1. The molecule has 1 aromatic carbocycles. The van der Waals surface area contributed by atoms with Gasteiger partial charge < -0.3 is 15.1 Å². The smallest absolute Gasteiger partial charge is 0.134 e. The first-order valence-corrected chi connectivity index (χ1v) is 6.55. The summed E-state index contributed by atoms with van der Waals surface area (Å²) in [7, 11) is 0. The Bertz CT molecular complexity index is 633. The van der Waals surface area contributed by atoms with Crippen molar-refractivity contribution >= 4 is 22.2 Å². The van der Waals surface area contributed by atoms with Gasteiger partial charge in [-0.05, 0) is 43.0 Å². The zero-order chi connectivity index (χ0) is 12.1. The lowest BCUT2D eigenvalue weighted by atomic mass is 9.84. The molecule has 1 saturated heterocycles. The van der Waals surface area contributed by atoms with E-state index in [2.05, 4.69) is 17.2 Å². The van der Waals surface area contributed by atoms with Crippen molar-refractivity contribution in [1.82, 2.24) is 4.90 Å². The van der Waals surface area contributed by atoms with Gasteiger partial charge in [0.05, 0.1) is 0 Å². The fraction of sp³-hybridized carbons (Fsp3) is 0.333. The van der Waals surface area contributed by atoms with Crippen molar-refractivity contribution in [3.63, 3.8) is 0 Å². The molecular weight excluding hydrogens is 224 g/mol. The molecule has 3 heteroatoms. The third-order valence-electron chi connectivity index (χ3n) is 4.12. The number of nitrogens with zero attached hydrogens (tertiary/aromatic N) is 1. The molecule has 5 rings (SSSR count). The van der Waals surface area contributed by atoms with Crippen molar-refractivity contribution in [2.24, 2.45) is 5.92 Å². The zero-order valence-corrected chi connectivity index (χ0v) is 10.2. The fourth-order valence-electron chi connectivity index (χ4n) is 3.11. The number of allylic oxidation sites excluding steroid dienone is 1. The Morgan fingerprint density at radius 2 is 2.00 bits per heavy atom. The van der Waals surface area contributed by atoms with Crippen molar-refractivity contribution in [2.45, 2.75) is 12.8 Å². The van der Waals surface area contributed by atoms with E-state index in [1.165, 1.54) is 31.5 Å². The van der Waals surface area contributed by atoms with E-state index < -0.39 is 0 Å². The highest BCUT2D eigenvalue weighted by Gasteiger charge is 2.29. The zero-order valence-electron chi connectivity index (χ0n) is 10.2. The number of nitrogen functional groups attached to an aromatic ring is 1. The van der Waals surface area contributed by atoms with Crippen LogP contribution in [0.5, 0.6) is 0 Å². The number of nitrogens with two attached hydrogens (primary N) is 1. The van der Waals surface area contributed by atoms with Crippen LogP contribution in [0.1, 0.15) is 18.6 Å². The molecule has 1 fully saturated rings. The Morgan fingerprint density at radius 3 is 2.72 bits per heavy atom. The van der Waals surface area contributed by atoms with Gasteiger partial charge in [-0.3, -0.25) is 0 Å². The van der Waals surface area contributed by atoms with Crippen LogP contribution in [-0.2, 0) is 0 Å². The molecule has 0 atom stereocenters. The molecule has 0 saturated carbocycles. The number of rotatable bonds is 1. The molecule has 0 unspecified atom stereocenters. The third kappa shape index (κ3) is 1.43. The van der Waals surface area contributed by atoms with E-state index in [0.717, 1.165) is 22.4 Å². The lowest BCUT2D eigenvalue weighted by Gasteiger charge is -2.38. The first-order valence-electron chi connectivity index (χ1n) is 6.55. The molecule has 18 heavy (non-hydrogen) atoms. The lowest BCUT2D eigenvalue weighted by molar-refractivity contribution is 0.250. The summed E-state index contributed by atoms with van der Waals surface area (Å²) in [5, 5.41) is 1.10. The van der Waals surface area contributed by atoms with E-state index in [0.29, 0.717) is 5.92 Å². The maximum Gasteiger partial charge on any atom is 0.134 e. The van der Waals surface area contributed by atoms with Gasteiger partial charge in [0, 0.05) is 35.9 Å². The first-order chi connectivity index (χ1) is 8.79. The van der Waals surface area contributed by atoms with Crippen LogP contribution in [0.2, 0.25) is 0 Å². The van der Waals surface area contributed by atoms with Crippen LogP contribution in [-0.4, -0.2) is 18.0 Å². The topological polar surface area (TPSA) is 42.4 Å². The second-order valence-corrected chi connectivity index (χ2v) is 5.30. The number of hydrogen-bond donors (Lipinski definition) is 1. The van der Waals surface area contributed by atoms with Crippen molar-refractivity contribution in [2.75, 3.05) is 18.8 Å². The summed E-state index contributed by atoms with van der Waals surface area (Å²) in [6, 6.07) is 7.94. The SMILES string of the molecule is Nc1ccc2oc(C3=CN4CCC3CC4)cc2c1. The maximum absolute atomic E-state index is 5.96. The normalized spacial score (nSPS) is 19.6. The second kappa shape index (κ2) is 3.55. The van der Waals surface area contributed by atoms with Gasteiger partial charge in [0.1, 0.15) is 11.3 Å². The van der Waals surface area contributed by atoms with E-state index in [1.807, 2.05) is 18.2 Å². The van der Waals surface area contributed by atoms with E-state index >= 15 is 0 Å². The monoisotopic (exact) mass is 240 g/mol. The molecule has 4 heterocycles. The molecule has 2 N–H and O–H groups in total. The van der Waals surface area contributed by atoms with Crippen LogP contribution in [0.15, 0.2) is 34.9 Å². The largest absolute Gasteiger partial charge is 0.456 e. The molecule has 1 aromatic heterocycles. The Hall–Kier alpha value is -1.90. The highest BCUT2D eigenvalue weighted by atomic mass is 16.3. The molecule has 2 bridgehead atoms. The van der Waals surface area contributed by atoms with Gasteiger partial charge in [0.15, 0.2) is 0 Å². The minimum Gasteiger partial charge on any atom is -0.456 e. The minimum atomic E-state index is 0.674. The van der Waals surface area contributed by atoms with E-state index in [4.69, 9.17) is 10.2 Å². The van der Waals surface area contributed by atoms with Gasteiger partial charge in [-0.15, -0.1) is 0 Å². The lowest BCUT2D eigenvalue weighted by Crippen LogP contribution is -2.35. The highest BCUT2D eigenvalue weighted by Crippen LogP contribution is 2.39. The minimum absolute atomic E-state index is 0.674.